The standard InChI is InChI=1S/C17H28N2O/c1-4-18-16(15-8-6-5-7-9-15)10-12-19(3)17-11-13-20-14(17)2/h5-9,14,16-18H,4,10-13H2,1-3H3. The van der Waals surface area contributed by atoms with Gasteiger partial charge in [-0.1, -0.05) is 37.3 Å². The summed E-state index contributed by atoms with van der Waals surface area (Å²) in [5.41, 5.74) is 1.39. The molecule has 3 unspecified atom stereocenters. The molecule has 1 heterocycles. The first-order valence-electron chi connectivity index (χ1n) is 7.82. The number of nitrogens with zero attached hydrogens (tertiary/aromatic N) is 1. The average Bonchev–Trinajstić information content (AvgIpc) is 2.90. The van der Waals surface area contributed by atoms with Crippen molar-refractivity contribution < 1.29 is 4.74 Å². The Kier molecular flexibility index (Phi) is 6.02. The van der Waals surface area contributed by atoms with Crippen molar-refractivity contribution in [2.75, 3.05) is 26.7 Å². The summed E-state index contributed by atoms with van der Waals surface area (Å²) in [6, 6.07) is 11.8. The molecule has 0 aliphatic carbocycles. The van der Waals surface area contributed by atoms with E-state index in [0.29, 0.717) is 18.2 Å². The molecule has 20 heavy (non-hydrogen) atoms. The van der Waals surface area contributed by atoms with Crippen LogP contribution in [0.3, 0.4) is 0 Å². The van der Waals surface area contributed by atoms with Crippen LogP contribution < -0.4 is 5.32 Å². The van der Waals surface area contributed by atoms with Crippen LogP contribution in [0, 0.1) is 0 Å². The van der Waals surface area contributed by atoms with Crippen LogP contribution in [0.2, 0.25) is 0 Å². The Morgan fingerprint density at radius 3 is 2.70 bits per heavy atom. The Balaban J connectivity index is 1.89. The van der Waals surface area contributed by atoms with Gasteiger partial charge in [-0.25, -0.2) is 0 Å². The van der Waals surface area contributed by atoms with Gasteiger partial charge in [0, 0.05) is 25.2 Å². The molecule has 0 radical (unpaired) electrons. The number of rotatable bonds is 7. The van der Waals surface area contributed by atoms with Gasteiger partial charge in [0.2, 0.25) is 0 Å². The molecule has 1 fully saturated rings. The fraction of sp³-hybridized carbons (Fsp3) is 0.647. The van der Waals surface area contributed by atoms with Crippen molar-refractivity contribution in [2.45, 2.75) is 44.9 Å². The minimum atomic E-state index is 0.370. The lowest BCUT2D eigenvalue weighted by Gasteiger charge is -2.28. The normalized spacial score (nSPS) is 24.2. The molecule has 3 atom stereocenters. The van der Waals surface area contributed by atoms with E-state index in [1.54, 1.807) is 0 Å². The van der Waals surface area contributed by atoms with E-state index >= 15 is 0 Å². The Morgan fingerprint density at radius 2 is 2.10 bits per heavy atom. The SMILES string of the molecule is CCNC(CCN(C)C1CCOC1C)c1ccccc1. The zero-order valence-electron chi connectivity index (χ0n) is 13.0. The van der Waals surface area contributed by atoms with E-state index in [4.69, 9.17) is 4.74 Å². The summed E-state index contributed by atoms with van der Waals surface area (Å²) >= 11 is 0. The highest BCUT2D eigenvalue weighted by molar-refractivity contribution is 5.18. The maximum absolute atomic E-state index is 5.67. The smallest absolute Gasteiger partial charge is 0.0702 e. The largest absolute Gasteiger partial charge is 0.377 e. The van der Waals surface area contributed by atoms with E-state index in [1.165, 1.54) is 5.56 Å². The molecule has 1 saturated heterocycles. The second-order valence-corrected chi connectivity index (χ2v) is 5.72. The van der Waals surface area contributed by atoms with E-state index in [1.807, 2.05) is 0 Å². The predicted molar refractivity (Wildman–Crippen MR) is 83.9 cm³/mol. The van der Waals surface area contributed by atoms with Crippen LogP contribution in [0.4, 0.5) is 0 Å². The first kappa shape index (κ1) is 15.5. The molecule has 1 N–H and O–H groups in total. The lowest BCUT2D eigenvalue weighted by atomic mass is 10.0. The Morgan fingerprint density at radius 1 is 1.35 bits per heavy atom. The molecule has 3 nitrogen and oxygen atoms in total. The van der Waals surface area contributed by atoms with Crippen molar-refractivity contribution in [1.82, 2.24) is 10.2 Å². The molecule has 3 heteroatoms. The topological polar surface area (TPSA) is 24.5 Å². The molecule has 1 aliphatic heterocycles. The number of hydrogen-bond acceptors (Lipinski definition) is 3. The molecule has 0 aromatic heterocycles. The molecule has 0 amide bonds. The zero-order chi connectivity index (χ0) is 14.4. The van der Waals surface area contributed by atoms with Gasteiger partial charge >= 0.3 is 0 Å². The van der Waals surface area contributed by atoms with Gasteiger partial charge in [-0.05, 0) is 38.9 Å². The molecular formula is C17H28N2O. The Hall–Kier alpha value is -0.900. The number of likely N-dealkylation sites (N-methyl/N-ethyl adjacent to an activating group) is 1. The van der Waals surface area contributed by atoms with Gasteiger partial charge < -0.3 is 15.0 Å². The average molecular weight is 276 g/mol. The summed E-state index contributed by atoms with van der Waals surface area (Å²) in [5.74, 6) is 0. The molecule has 0 spiro atoms. The number of nitrogens with one attached hydrogen (secondary N) is 1. The lowest BCUT2D eigenvalue weighted by molar-refractivity contribution is 0.0823. The zero-order valence-corrected chi connectivity index (χ0v) is 13.0. The Bertz CT molecular complexity index is 382. The number of ether oxygens (including phenoxy) is 1. The van der Waals surface area contributed by atoms with Crippen LogP contribution in [-0.2, 0) is 4.74 Å². The number of hydrogen-bond donors (Lipinski definition) is 1. The second kappa shape index (κ2) is 7.77. The Labute approximate surface area is 123 Å². The van der Waals surface area contributed by atoms with Crippen LogP contribution in [-0.4, -0.2) is 43.8 Å². The van der Waals surface area contributed by atoms with Crippen molar-refractivity contribution in [2.24, 2.45) is 0 Å². The number of benzene rings is 1. The van der Waals surface area contributed by atoms with Gasteiger partial charge in [0.05, 0.1) is 6.10 Å². The first-order valence-corrected chi connectivity index (χ1v) is 7.82. The lowest BCUT2D eigenvalue weighted by Crippen LogP contribution is -2.38. The van der Waals surface area contributed by atoms with Crippen molar-refractivity contribution in [3.8, 4) is 0 Å². The van der Waals surface area contributed by atoms with Gasteiger partial charge in [0.25, 0.3) is 0 Å². The quantitative estimate of drug-likeness (QED) is 0.829. The van der Waals surface area contributed by atoms with E-state index in [2.05, 4.69) is 61.4 Å². The van der Waals surface area contributed by atoms with Gasteiger partial charge in [0.1, 0.15) is 0 Å². The van der Waals surface area contributed by atoms with Crippen molar-refractivity contribution in [3.63, 3.8) is 0 Å². The third-order valence-corrected chi connectivity index (χ3v) is 4.33. The van der Waals surface area contributed by atoms with Crippen LogP contribution in [0.1, 0.15) is 38.3 Å². The summed E-state index contributed by atoms with van der Waals surface area (Å²) in [6.45, 7) is 7.38. The molecule has 1 aromatic carbocycles. The predicted octanol–water partition coefficient (Wildman–Crippen LogP) is 2.84. The highest BCUT2D eigenvalue weighted by Crippen LogP contribution is 2.21. The van der Waals surface area contributed by atoms with Gasteiger partial charge in [-0.2, -0.15) is 0 Å². The van der Waals surface area contributed by atoms with Crippen LogP contribution in [0.15, 0.2) is 30.3 Å². The maximum Gasteiger partial charge on any atom is 0.0702 e. The summed E-state index contributed by atoms with van der Waals surface area (Å²) in [6.07, 6.45) is 2.67. The van der Waals surface area contributed by atoms with Crippen LogP contribution in [0.25, 0.3) is 0 Å². The first-order chi connectivity index (χ1) is 9.72. The summed E-state index contributed by atoms with van der Waals surface area (Å²) < 4.78 is 5.67. The minimum absolute atomic E-state index is 0.370. The maximum atomic E-state index is 5.67. The van der Waals surface area contributed by atoms with Gasteiger partial charge in [0.15, 0.2) is 0 Å². The fourth-order valence-electron chi connectivity index (χ4n) is 3.12. The summed E-state index contributed by atoms with van der Waals surface area (Å²) in [5, 5.41) is 3.60. The molecular weight excluding hydrogens is 248 g/mol. The summed E-state index contributed by atoms with van der Waals surface area (Å²) in [7, 11) is 2.23. The molecule has 1 aromatic rings. The monoisotopic (exact) mass is 276 g/mol. The van der Waals surface area contributed by atoms with E-state index < -0.39 is 0 Å². The molecule has 2 rings (SSSR count). The van der Waals surface area contributed by atoms with Gasteiger partial charge in [-0.3, -0.25) is 0 Å². The minimum Gasteiger partial charge on any atom is -0.377 e. The molecule has 0 saturated carbocycles. The highest BCUT2D eigenvalue weighted by atomic mass is 16.5. The molecule has 0 bridgehead atoms. The highest BCUT2D eigenvalue weighted by Gasteiger charge is 2.27. The summed E-state index contributed by atoms with van der Waals surface area (Å²) in [4.78, 5) is 2.46. The van der Waals surface area contributed by atoms with Crippen molar-refractivity contribution in [3.05, 3.63) is 35.9 Å². The van der Waals surface area contributed by atoms with Crippen LogP contribution in [0.5, 0.6) is 0 Å². The third-order valence-electron chi connectivity index (χ3n) is 4.33. The third kappa shape index (κ3) is 4.05. The van der Waals surface area contributed by atoms with E-state index in [-0.39, 0.29) is 0 Å². The van der Waals surface area contributed by atoms with Crippen molar-refractivity contribution >= 4 is 0 Å². The fourth-order valence-corrected chi connectivity index (χ4v) is 3.12. The van der Waals surface area contributed by atoms with Crippen molar-refractivity contribution in [1.29, 1.82) is 0 Å². The molecule has 1 aliphatic rings. The molecule has 112 valence electrons. The van der Waals surface area contributed by atoms with E-state index in [9.17, 15) is 0 Å². The van der Waals surface area contributed by atoms with Crippen LogP contribution >= 0.6 is 0 Å². The van der Waals surface area contributed by atoms with E-state index in [0.717, 1.165) is 32.5 Å². The van der Waals surface area contributed by atoms with Gasteiger partial charge in [-0.15, -0.1) is 0 Å². The second-order valence-electron chi connectivity index (χ2n) is 5.72.